The van der Waals surface area contributed by atoms with E-state index in [-0.39, 0.29) is 24.7 Å². The van der Waals surface area contributed by atoms with Crippen molar-refractivity contribution < 1.29 is 14.7 Å². The average molecular weight is 269 g/mol. The molecule has 0 aliphatic rings. The quantitative estimate of drug-likeness (QED) is 0.799. The number of carboxylic acids is 1. The van der Waals surface area contributed by atoms with E-state index in [1.54, 1.807) is 0 Å². The second kappa shape index (κ2) is 7.16. The van der Waals surface area contributed by atoms with E-state index in [0.717, 1.165) is 4.88 Å². The van der Waals surface area contributed by atoms with Gasteiger partial charge in [0.05, 0.1) is 6.42 Å². The fourth-order valence-corrected chi connectivity index (χ4v) is 2.45. The van der Waals surface area contributed by atoms with Gasteiger partial charge in [-0.05, 0) is 17.4 Å². The van der Waals surface area contributed by atoms with Crippen molar-refractivity contribution in [1.82, 2.24) is 5.32 Å². The first-order chi connectivity index (χ1) is 8.49. The Morgan fingerprint density at radius 2 is 2.11 bits per heavy atom. The van der Waals surface area contributed by atoms with E-state index in [1.165, 1.54) is 11.3 Å². The van der Waals surface area contributed by atoms with Crippen molar-refractivity contribution in [1.29, 1.82) is 0 Å². The van der Waals surface area contributed by atoms with Crippen LogP contribution in [-0.4, -0.2) is 23.5 Å². The number of carbonyl (C=O) groups excluding carboxylic acids is 1. The first-order valence-electron chi connectivity index (χ1n) is 6.01. The van der Waals surface area contributed by atoms with E-state index in [9.17, 15) is 9.59 Å². The van der Waals surface area contributed by atoms with E-state index < -0.39 is 5.97 Å². The van der Waals surface area contributed by atoms with Crippen LogP contribution in [0.2, 0.25) is 0 Å². The van der Waals surface area contributed by atoms with Gasteiger partial charge >= 0.3 is 5.97 Å². The third kappa shape index (κ3) is 5.31. The molecular formula is C13H19NO3S. The highest BCUT2D eigenvalue weighted by Gasteiger charge is 2.20. The van der Waals surface area contributed by atoms with Crippen LogP contribution in [0.5, 0.6) is 0 Å². The van der Waals surface area contributed by atoms with Crippen LogP contribution in [0.15, 0.2) is 17.5 Å². The predicted molar refractivity (Wildman–Crippen MR) is 71.8 cm³/mol. The van der Waals surface area contributed by atoms with Gasteiger partial charge in [0, 0.05) is 23.8 Å². The summed E-state index contributed by atoms with van der Waals surface area (Å²) < 4.78 is 0. The van der Waals surface area contributed by atoms with Crippen molar-refractivity contribution in [3.8, 4) is 0 Å². The molecule has 2 N–H and O–H groups in total. The first kappa shape index (κ1) is 14.7. The zero-order valence-electron chi connectivity index (χ0n) is 10.7. The lowest BCUT2D eigenvalue weighted by atomic mass is 9.99. The molecule has 0 saturated carbocycles. The Kier molecular flexibility index (Phi) is 5.85. The van der Waals surface area contributed by atoms with Crippen LogP contribution in [0.4, 0.5) is 0 Å². The third-order valence-electron chi connectivity index (χ3n) is 2.51. The van der Waals surface area contributed by atoms with Gasteiger partial charge in [0.15, 0.2) is 0 Å². The van der Waals surface area contributed by atoms with Gasteiger partial charge in [-0.25, -0.2) is 0 Å². The smallest absolute Gasteiger partial charge is 0.304 e. The lowest BCUT2D eigenvalue weighted by Crippen LogP contribution is -2.28. The summed E-state index contributed by atoms with van der Waals surface area (Å²) in [6.07, 6.45) is 0.231. The molecular weight excluding hydrogens is 250 g/mol. The molecule has 0 aliphatic heterocycles. The number of amides is 1. The summed E-state index contributed by atoms with van der Waals surface area (Å²) in [5.74, 6) is -0.781. The maximum atomic E-state index is 11.7. The minimum absolute atomic E-state index is 0.00435. The zero-order chi connectivity index (χ0) is 13.5. The van der Waals surface area contributed by atoms with Crippen molar-refractivity contribution in [3.05, 3.63) is 22.4 Å². The summed E-state index contributed by atoms with van der Waals surface area (Å²) in [6.45, 7) is 4.67. The molecule has 1 atom stereocenters. The number of thiophene rings is 1. The molecule has 1 rings (SSSR count). The maximum Gasteiger partial charge on any atom is 0.304 e. The average Bonchev–Trinajstić information content (AvgIpc) is 2.78. The Morgan fingerprint density at radius 3 is 2.61 bits per heavy atom. The first-order valence-corrected chi connectivity index (χ1v) is 6.89. The van der Waals surface area contributed by atoms with Gasteiger partial charge in [-0.15, -0.1) is 11.3 Å². The Morgan fingerprint density at radius 1 is 1.39 bits per heavy atom. The molecule has 5 heteroatoms. The topological polar surface area (TPSA) is 66.4 Å². The number of carboxylic acid groups (broad SMARTS) is 1. The molecule has 0 radical (unpaired) electrons. The minimum Gasteiger partial charge on any atom is -0.481 e. The van der Waals surface area contributed by atoms with E-state index in [4.69, 9.17) is 5.11 Å². The standard InChI is InChI=1S/C13H19NO3S/c1-9(2)8-14-12(15)6-10(7-13(16)17)11-4-3-5-18-11/h3-5,9-10H,6-8H2,1-2H3,(H,14,15)(H,16,17)/t10-/m1/s1. The van der Waals surface area contributed by atoms with Gasteiger partial charge in [0.25, 0.3) is 0 Å². The molecule has 0 saturated heterocycles. The van der Waals surface area contributed by atoms with Crippen LogP contribution < -0.4 is 5.32 Å². The Bertz CT molecular complexity index is 387. The van der Waals surface area contributed by atoms with Gasteiger partial charge in [-0.3, -0.25) is 9.59 Å². The minimum atomic E-state index is -0.870. The summed E-state index contributed by atoms with van der Waals surface area (Å²) >= 11 is 1.50. The van der Waals surface area contributed by atoms with E-state index in [0.29, 0.717) is 12.5 Å². The second-order valence-corrected chi connectivity index (χ2v) is 5.69. The van der Waals surface area contributed by atoms with Crippen LogP contribution in [0, 0.1) is 5.92 Å². The van der Waals surface area contributed by atoms with Gasteiger partial charge in [-0.1, -0.05) is 19.9 Å². The van der Waals surface area contributed by atoms with Crippen LogP contribution in [-0.2, 0) is 9.59 Å². The van der Waals surface area contributed by atoms with Crippen molar-refractivity contribution in [2.45, 2.75) is 32.6 Å². The second-order valence-electron chi connectivity index (χ2n) is 4.71. The lowest BCUT2D eigenvalue weighted by Gasteiger charge is -2.14. The molecule has 0 fully saturated rings. The lowest BCUT2D eigenvalue weighted by molar-refractivity contribution is -0.137. The molecule has 0 spiro atoms. The van der Waals surface area contributed by atoms with Crippen molar-refractivity contribution in [2.24, 2.45) is 5.92 Å². The maximum absolute atomic E-state index is 11.7. The van der Waals surface area contributed by atoms with Crippen LogP contribution in [0.25, 0.3) is 0 Å². The van der Waals surface area contributed by atoms with Crippen LogP contribution >= 0.6 is 11.3 Å². The number of rotatable bonds is 7. The van der Waals surface area contributed by atoms with Gasteiger partial charge in [0.1, 0.15) is 0 Å². The summed E-state index contributed by atoms with van der Waals surface area (Å²) in [4.78, 5) is 23.5. The van der Waals surface area contributed by atoms with Gasteiger partial charge in [-0.2, -0.15) is 0 Å². The molecule has 1 aromatic heterocycles. The van der Waals surface area contributed by atoms with Crippen LogP contribution in [0.1, 0.15) is 37.5 Å². The molecule has 0 bridgehead atoms. The molecule has 1 aromatic rings. The van der Waals surface area contributed by atoms with Crippen molar-refractivity contribution in [3.63, 3.8) is 0 Å². The summed E-state index contributed by atoms with van der Waals surface area (Å²) in [5.41, 5.74) is 0. The Balaban J connectivity index is 2.56. The normalized spacial score (nSPS) is 12.4. The highest BCUT2D eigenvalue weighted by molar-refractivity contribution is 7.10. The van der Waals surface area contributed by atoms with E-state index in [1.807, 2.05) is 31.4 Å². The SMILES string of the molecule is CC(C)CNC(=O)C[C@H](CC(=O)O)c1cccs1. The summed E-state index contributed by atoms with van der Waals surface area (Å²) in [6, 6.07) is 3.76. The van der Waals surface area contributed by atoms with Crippen molar-refractivity contribution >= 4 is 23.2 Å². The highest BCUT2D eigenvalue weighted by Crippen LogP contribution is 2.27. The molecule has 1 heterocycles. The number of nitrogens with one attached hydrogen (secondary N) is 1. The monoisotopic (exact) mass is 269 g/mol. The Hall–Kier alpha value is -1.36. The highest BCUT2D eigenvalue weighted by atomic mass is 32.1. The van der Waals surface area contributed by atoms with Crippen LogP contribution in [0.3, 0.4) is 0 Å². The molecule has 100 valence electrons. The van der Waals surface area contributed by atoms with Gasteiger partial charge in [0.2, 0.25) is 5.91 Å². The molecule has 0 aliphatic carbocycles. The molecule has 0 unspecified atom stereocenters. The number of hydrogen-bond acceptors (Lipinski definition) is 3. The van der Waals surface area contributed by atoms with E-state index in [2.05, 4.69) is 5.32 Å². The number of carbonyl (C=O) groups is 2. The molecule has 18 heavy (non-hydrogen) atoms. The largest absolute Gasteiger partial charge is 0.481 e. The third-order valence-corrected chi connectivity index (χ3v) is 3.54. The summed E-state index contributed by atoms with van der Waals surface area (Å²) in [7, 11) is 0. The van der Waals surface area contributed by atoms with Gasteiger partial charge < -0.3 is 10.4 Å². The predicted octanol–water partition coefficient (Wildman–Crippen LogP) is 2.47. The van der Waals surface area contributed by atoms with Crippen molar-refractivity contribution in [2.75, 3.05) is 6.54 Å². The molecule has 1 amide bonds. The fourth-order valence-electron chi connectivity index (χ4n) is 1.62. The zero-order valence-corrected chi connectivity index (χ0v) is 11.5. The molecule has 4 nitrogen and oxygen atoms in total. The number of aliphatic carboxylic acids is 1. The fraction of sp³-hybridized carbons (Fsp3) is 0.538. The Labute approximate surface area is 111 Å². The molecule has 0 aromatic carbocycles. The number of hydrogen-bond donors (Lipinski definition) is 2. The van der Waals surface area contributed by atoms with E-state index >= 15 is 0 Å². The summed E-state index contributed by atoms with van der Waals surface area (Å²) in [5, 5.41) is 13.6.